The van der Waals surface area contributed by atoms with Crippen molar-refractivity contribution in [1.82, 2.24) is 4.98 Å². The highest BCUT2D eigenvalue weighted by molar-refractivity contribution is 6.01. The molecule has 0 saturated heterocycles. The monoisotopic (exact) mass is 484 g/mol. The molecule has 184 valence electrons. The van der Waals surface area contributed by atoms with Crippen LogP contribution in [0.15, 0.2) is 94.5 Å². The Labute approximate surface area is 210 Å². The Balaban J connectivity index is 1.32. The zero-order valence-corrected chi connectivity index (χ0v) is 20.3. The fourth-order valence-electron chi connectivity index (χ4n) is 3.48. The van der Waals surface area contributed by atoms with E-state index in [1.54, 1.807) is 0 Å². The van der Waals surface area contributed by atoms with Crippen molar-refractivity contribution in [3.05, 3.63) is 108 Å². The number of aryl methyl sites for hydroxylation is 1. The minimum absolute atomic E-state index is 0.234. The molecule has 0 aliphatic rings. The summed E-state index contributed by atoms with van der Waals surface area (Å²) in [6, 6.07) is 27.0. The second kappa shape index (κ2) is 12.4. The van der Waals surface area contributed by atoms with Crippen molar-refractivity contribution in [1.29, 1.82) is 0 Å². The van der Waals surface area contributed by atoms with E-state index in [2.05, 4.69) is 10.1 Å². The molecule has 4 rings (SSSR count). The molecule has 0 saturated carbocycles. The predicted molar refractivity (Wildman–Crippen MR) is 136 cm³/mol. The maximum absolute atomic E-state index is 11.6. The molecule has 7 nitrogen and oxygen atoms in total. The van der Waals surface area contributed by atoms with E-state index >= 15 is 0 Å². The zero-order chi connectivity index (χ0) is 25.2. The largest absolute Gasteiger partial charge is 0.487 e. The molecule has 0 unspecified atom stereocenters. The Morgan fingerprint density at radius 2 is 1.58 bits per heavy atom. The molecule has 0 aliphatic heterocycles. The van der Waals surface area contributed by atoms with E-state index in [4.69, 9.17) is 18.7 Å². The first-order valence-corrected chi connectivity index (χ1v) is 11.7. The number of ether oxygens (including phenoxy) is 2. The molecule has 0 bridgehead atoms. The molecule has 0 N–H and O–H groups in total. The van der Waals surface area contributed by atoms with E-state index < -0.39 is 0 Å². The van der Waals surface area contributed by atoms with Crippen LogP contribution in [-0.4, -0.2) is 23.8 Å². The Morgan fingerprint density at radius 1 is 0.889 bits per heavy atom. The van der Waals surface area contributed by atoms with Gasteiger partial charge in [-0.3, -0.25) is 4.79 Å². The number of rotatable bonds is 11. The predicted octanol–water partition coefficient (Wildman–Crippen LogP) is 6.10. The van der Waals surface area contributed by atoms with Crippen LogP contribution >= 0.6 is 0 Å². The minimum Gasteiger partial charge on any atom is -0.487 e. The van der Waals surface area contributed by atoms with Gasteiger partial charge >= 0.3 is 5.97 Å². The Bertz CT molecular complexity index is 1280. The van der Waals surface area contributed by atoms with Gasteiger partial charge < -0.3 is 18.7 Å². The second-order valence-corrected chi connectivity index (χ2v) is 8.07. The van der Waals surface area contributed by atoms with E-state index in [1.807, 2.05) is 91.9 Å². The molecule has 36 heavy (non-hydrogen) atoms. The summed E-state index contributed by atoms with van der Waals surface area (Å²) >= 11 is 0. The van der Waals surface area contributed by atoms with Crippen LogP contribution in [-0.2, 0) is 27.6 Å². The Kier molecular flexibility index (Phi) is 8.48. The first-order valence-electron chi connectivity index (χ1n) is 11.7. The summed E-state index contributed by atoms with van der Waals surface area (Å²) in [7, 11) is 1.38. The number of nitrogens with zero attached hydrogens (tertiary/aromatic N) is 2. The van der Waals surface area contributed by atoms with Gasteiger partial charge in [0.2, 0.25) is 5.89 Å². The molecule has 0 spiro atoms. The fourth-order valence-corrected chi connectivity index (χ4v) is 3.48. The maximum atomic E-state index is 11.6. The van der Waals surface area contributed by atoms with Gasteiger partial charge in [0.1, 0.15) is 30.4 Å². The van der Waals surface area contributed by atoms with Crippen LogP contribution in [0.1, 0.15) is 35.4 Å². The highest BCUT2D eigenvalue weighted by Crippen LogP contribution is 2.23. The van der Waals surface area contributed by atoms with E-state index in [0.29, 0.717) is 30.4 Å². The van der Waals surface area contributed by atoms with Crippen molar-refractivity contribution >= 4 is 11.7 Å². The van der Waals surface area contributed by atoms with Crippen LogP contribution in [0, 0.1) is 6.92 Å². The second-order valence-electron chi connectivity index (χ2n) is 8.07. The van der Waals surface area contributed by atoms with E-state index in [1.165, 1.54) is 7.11 Å². The van der Waals surface area contributed by atoms with Gasteiger partial charge in [-0.1, -0.05) is 65.8 Å². The molecular formula is C29H28N2O5. The number of aromatic nitrogens is 1. The SMILES string of the molecule is COC(=O)CC/C(=N/OCc1ccc(OCc2nc(-c3ccccc3)oc2C)cc1)c1ccccc1. The maximum Gasteiger partial charge on any atom is 0.305 e. The van der Waals surface area contributed by atoms with E-state index in [0.717, 1.165) is 28.1 Å². The van der Waals surface area contributed by atoms with Crippen molar-refractivity contribution in [2.24, 2.45) is 5.16 Å². The third kappa shape index (κ3) is 6.82. The number of hydrogen-bond donors (Lipinski definition) is 0. The molecule has 1 heterocycles. The molecule has 0 amide bonds. The Morgan fingerprint density at radius 3 is 2.28 bits per heavy atom. The van der Waals surface area contributed by atoms with Crippen molar-refractivity contribution in [2.75, 3.05) is 7.11 Å². The standard InChI is InChI=1S/C29H28N2O5/c1-21-27(30-29(36-21)24-11-7-4-8-12-24)20-34-25-15-13-22(14-16-25)19-35-31-26(17-18-28(32)33-2)23-9-5-3-6-10-23/h3-16H,17-20H2,1-2H3/b31-26-. The first-order chi connectivity index (χ1) is 17.6. The van der Waals surface area contributed by atoms with Gasteiger partial charge in [-0.05, 0) is 42.3 Å². The highest BCUT2D eigenvalue weighted by Gasteiger charge is 2.12. The summed E-state index contributed by atoms with van der Waals surface area (Å²) in [5.74, 6) is 1.75. The molecule has 0 fully saturated rings. The number of carbonyl (C=O) groups is 1. The van der Waals surface area contributed by atoms with Crippen molar-refractivity contribution in [2.45, 2.75) is 33.0 Å². The number of hydrogen-bond acceptors (Lipinski definition) is 7. The van der Waals surface area contributed by atoms with Gasteiger partial charge in [0.15, 0.2) is 0 Å². The van der Waals surface area contributed by atoms with Crippen molar-refractivity contribution in [3.63, 3.8) is 0 Å². The average molecular weight is 485 g/mol. The van der Waals surface area contributed by atoms with Crippen LogP contribution in [0.3, 0.4) is 0 Å². The van der Waals surface area contributed by atoms with Gasteiger partial charge in [-0.2, -0.15) is 0 Å². The molecule has 0 atom stereocenters. The van der Waals surface area contributed by atoms with Crippen LogP contribution < -0.4 is 4.74 Å². The van der Waals surface area contributed by atoms with Crippen LogP contribution in [0.2, 0.25) is 0 Å². The van der Waals surface area contributed by atoms with Gasteiger partial charge in [-0.15, -0.1) is 0 Å². The van der Waals surface area contributed by atoms with Crippen LogP contribution in [0.4, 0.5) is 0 Å². The third-order valence-electron chi connectivity index (χ3n) is 5.52. The number of methoxy groups -OCH3 is 1. The molecule has 4 aromatic rings. The number of esters is 1. The van der Waals surface area contributed by atoms with Gasteiger partial charge in [0, 0.05) is 12.0 Å². The number of benzene rings is 3. The summed E-state index contributed by atoms with van der Waals surface area (Å²) in [5.41, 5.74) is 4.23. The molecule has 0 radical (unpaired) electrons. The molecule has 3 aromatic carbocycles. The lowest BCUT2D eigenvalue weighted by Crippen LogP contribution is -2.08. The topological polar surface area (TPSA) is 83.2 Å². The third-order valence-corrected chi connectivity index (χ3v) is 5.52. The minimum atomic E-state index is -0.286. The van der Waals surface area contributed by atoms with Crippen LogP contribution in [0.5, 0.6) is 5.75 Å². The summed E-state index contributed by atoms with van der Waals surface area (Å²) in [5, 5.41) is 4.29. The molecule has 1 aromatic heterocycles. The number of oxazole rings is 1. The zero-order valence-electron chi connectivity index (χ0n) is 20.3. The summed E-state index contributed by atoms with van der Waals surface area (Å²) in [4.78, 5) is 21.7. The smallest absolute Gasteiger partial charge is 0.305 e. The average Bonchev–Trinajstić information content (AvgIpc) is 3.31. The van der Waals surface area contributed by atoms with Gasteiger partial charge in [0.05, 0.1) is 19.2 Å². The van der Waals surface area contributed by atoms with Gasteiger partial charge in [-0.25, -0.2) is 4.98 Å². The van der Waals surface area contributed by atoms with Crippen molar-refractivity contribution < 1.29 is 23.5 Å². The van der Waals surface area contributed by atoms with Gasteiger partial charge in [0.25, 0.3) is 0 Å². The fraction of sp³-hybridized carbons (Fsp3) is 0.207. The summed E-state index contributed by atoms with van der Waals surface area (Å²) < 4.78 is 16.4. The first kappa shape index (κ1) is 24.7. The molecular weight excluding hydrogens is 456 g/mol. The van der Waals surface area contributed by atoms with E-state index in [-0.39, 0.29) is 19.0 Å². The van der Waals surface area contributed by atoms with Crippen molar-refractivity contribution in [3.8, 4) is 17.2 Å². The molecule has 7 heteroatoms. The number of carbonyl (C=O) groups excluding carboxylic acids is 1. The normalized spacial score (nSPS) is 11.2. The molecule has 0 aliphatic carbocycles. The number of oxime groups is 1. The lowest BCUT2D eigenvalue weighted by atomic mass is 10.1. The van der Waals surface area contributed by atoms with E-state index in [9.17, 15) is 4.79 Å². The summed E-state index contributed by atoms with van der Waals surface area (Å²) in [6.07, 6.45) is 0.661. The highest BCUT2D eigenvalue weighted by atomic mass is 16.6. The van der Waals surface area contributed by atoms with Crippen LogP contribution in [0.25, 0.3) is 11.5 Å². The quantitative estimate of drug-likeness (QED) is 0.145. The lowest BCUT2D eigenvalue weighted by Gasteiger charge is -2.08. The lowest BCUT2D eigenvalue weighted by molar-refractivity contribution is -0.140. The summed E-state index contributed by atoms with van der Waals surface area (Å²) in [6.45, 7) is 2.48. The Hall–Kier alpha value is -4.39.